The van der Waals surface area contributed by atoms with E-state index in [1.807, 2.05) is 19.1 Å². The predicted octanol–water partition coefficient (Wildman–Crippen LogP) is 4.26. The third-order valence-corrected chi connectivity index (χ3v) is 4.25. The van der Waals surface area contributed by atoms with E-state index in [2.05, 4.69) is 30.5 Å². The molecule has 0 aromatic heterocycles. The van der Waals surface area contributed by atoms with Crippen molar-refractivity contribution in [2.24, 2.45) is 5.92 Å². The Morgan fingerprint density at radius 3 is 2.85 bits per heavy atom. The van der Waals surface area contributed by atoms with Crippen LogP contribution in [0.15, 0.2) is 18.2 Å². The van der Waals surface area contributed by atoms with Crippen LogP contribution in [0.2, 0.25) is 0 Å². The number of para-hydroxylation sites is 1. The lowest BCUT2D eigenvalue weighted by Gasteiger charge is -2.27. The first-order valence-electron chi connectivity index (χ1n) is 7.76. The minimum atomic E-state index is -0.0619. The van der Waals surface area contributed by atoms with Crippen LogP contribution < -0.4 is 10.6 Å². The average Bonchev–Trinajstić information content (AvgIpc) is 2.41. The highest BCUT2D eigenvalue weighted by Crippen LogP contribution is 2.24. The molecule has 0 saturated heterocycles. The molecule has 0 bridgehead atoms. The second-order valence-electron chi connectivity index (χ2n) is 6.03. The smallest absolute Gasteiger partial charge is 0.319 e. The fourth-order valence-corrected chi connectivity index (χ4v) is 3.10. The van der Waals surface area contributed by atoms with Crippen LogP contribution in [0.4, 0.5) is 10.5 Å². The third-order valence-electron chi connectivity index (χ3n) is 4.25. The lowest BCUT2D eigenvalue weighted by Crippen LogP contribution is -2.40. The topological polar surface area (TPSA) is 41.1 Å². The van der Waals surface area contributed by atoms with Crippen LogP contribution in [-0.4, -0.2) is 12.1 Å². The van der Waals surface area contributed by atoms with Crippen LogP contribution in [-0.2, 0) is 6.42 Å². The highest BCUT2D eigenvalue weighted by Gasteiger charge is 2.20. The summed E-state index contributed by atoms with van der Waals surface area (Å²) in [5.41, 5.74) is 3.28. The first kappa shape index (κ1) is 14.9. The molecule has 2 rings (SSSR count). The summed E-state index contributed by atoms with van der Waals surface area (Å²) in [7, 11) is 0. The summed E-state index contributed by atoms with van der Waals surface area (Å²) in [6.45, 7) is 6.42. The van der Waals surface area contributed by atoms with Gasteiger partial charge in [0, 0.05) is 11.7 Å². The molecule has 3 heteroatoms. The number of nitrogens with one attached hydrogen (secondary N) is 2. The van der Waals surface area contributed by atoms with Crippen molar-refractivity contribution < 1.29 is 4.79 Å². The summed E-state index contributed by atoms with van der Waals surface area (Å²) in [5.74, 6) is 0.721. The fraction of sp³-hybridized carbons (Fsp3) is 0.588. The molecule has 2 N–H and O–H groups in total. The van der Waals surface area contributed by atoms with E-state index in [4.69, 9.17) is 0 Å². The SMILES string of the molecule is CCc1cccc(C)c1NC(=O)N[C@@H]1CCC[C@H](C)C1. The van der Waals surface area contributed by atoms with E-state index in [0.29, 0.717) is 6.04 Å². The molecule has 20 heavy (non-hydrogen) atoms. The Bertz CT molecular complexity index is 470. The second-order valence-corrected chi connectivity index (χ2v) is 6.03. The highest BCUT2D eigenvalue weighted by molar-refractivity contribution is 5.91. The van der Waals surface area contributed by atoms with Crippen LogP contribution in [0.1, 0.15) is 50.7 Å². The van der Waals surface area contributed by atoms with E-state index >= 15 is 0 Å². The van der Waals surface area contributed by atoms with Gasteiger partial charge in [0.1, 0.15) is 0 Å². The van der Waals surface area contributed by atoms with E-state index in [0.717, 1.165) is 36.4 Å². The molecule has 1 fully saturated rings. The number of amides is 2. The largest absolute Gasteiger partial charge is 0.335 e. The molecular weight excluding hydrogens is 248 g/mol. The van der Waals surface area contributed by atoms with Gasteiger partial charge in [0.25, 0.3) is 0 Å². The number of benzene rings is 1. The highest BCUT2D eigenvalue weighted by atomic mass is 16.2. The number of carbonyl (C=O) groups excluding carboxylic acids is 1. The number of rotatable bonds is 3. The van der Waals surface area contributed by atoms with Gasteiger partial charge in [-0.25, -0.2) is 4.79 Å². The minimum absolute atomic E-state index is 0.0619. The van der Waals surface area contributed by atoms with Gasteiger partial charge in [0.05, 0.1) is 0 Å². The van der Waals surface area contributed by atoms with Crippen molar-refractivity contribution in [3.63, 3.8) is 0 Å². The zero-order chi connectivity index (χ0) is 14.5. The molecule has 0 spiro atoms. The van der Waals surface area contributed by atoms with Crippen molar-refractivity contribution in [3.05, 3.63) is 29.3 Å². The first-order chi connectivity index (χ1) is 9.60. The lowest BCUT2D eigenvalue weighted by molar-refractivity contribution is 0.238. The number of urea groups is 1. The molecule has 0 heterocycles. The normalized spacial score (nSPS) is 22.4. The molecule has 1 aliphatic rings. The Labute approximate surface area is 122 Å². The van der Waals surface area contributed by atoms with Gasteiger partial charge in [0.2, 0.25) is 0 Å². The molecule has 0 aliphatic heterocycles. The average molecular weight is 274 g/mol. The zero-order valence-corrected chi connectivity index (χ0v) is 12.8. The Balaban J connectivity index is 1.98. The van der Waals surface area contributed by atoms with E-state index in [9.17, 15) is 4.79 Å². The Hall–Kier alpha value is -1.51. The summed E-state index contributed by atoms with van der Waals surface area (Å²) in [5, 5.41) is 6.17. The molecule has 2 atom stereocenters. The summed E-state index contributed by atoms with van der Waals surface area (Å²) in [6.07, 6.45) is 5.64. The van der Waals surface area contributed by atoms with Gasteiger partial charge in [-0.05, 0) is 43.2 Å². The van der Waals surface area contributed by atoms with Gasteiger partial charge in [-0.1, -0.05) is 44.9 Å². The van der Waals surface area contributed by atoms with E-state index in [1.54, 1.807) is 0 Å². The molecular formula is C17H26N2O. The van der Waals surface area contributed by atoms with Crippen LogP contribution in [0.3, 0.4) is 0 Å². The summed E-state index contributed by atoms with van der Waals surface area (Å²) in [4.78, 5) is 12.2. The first-order valence-corrected chi connectivity index (χ1v) is 7.76. The second kappa shape index (κ2) is 6.78. The van der Waals surface area contributed by atoms with Gasteiger partial charge >= 0.3 is 6.03 Å². The predicted molar refractivity (Wildman–Crippen MR) is 84.1 cm³/mol. The van der Waals surface area contributed by atoms with Gasteiger partial charge in [-0.2, -0.15) is 0 Å². The summed E-state index contributed by atoms with van der Waals surface area (Å²) < 4.78 is 0. The lowest BCUT2D eigenvalue weighted by atomic mass is 9.87. The van der Waals surface area contributed by atoms with Gasteiger partial charge < -0.3 is 10.6 Å². The molecule has 3 nitrogen and oxygen atoms in total. The maximum absolute atomic E-state index is 12.2. The van der Waals surface area contributed by atoms with E-state index in [-0.39, 0.29) is 6.03 Å². The van der Waals surface area contributed by atoms with Crippen LogP contribution in [0.5, 0.6) is 0 Å². The Morgan fingerprint density at radius 2 is 2.15 bits per heavy atom. The number of aryl methyl sites for hydroxylation is 2. The molecule has 1 saturated carbocycles. The number of hydrogen-bond acceptors (Lipinski definition) is 1. The number of hydrogen-bond donors (Lipinski definition) is 2. The molecule has 1 aromatic rings. The van der Waals surface area contributed by atoms with Gasteiger partial charge in [0.15, 0.2) is 0 Å². The van der Waals surface area contributed by atoms with Gasteiger partial charge in [-0.15, -0.1) is 0 Å². The van der Waals surface area contributed by atoms with Crippen LogP contribution in [0.25, 0.3) is 0 Å². The Kier molecular flexibility index (Phi) is 5.05. The standard InChI is InChI=1S/C17H26N2O/c1-4-14-9-6-8-13(3)16(14)19-17(20)18-15-10-5-7-12(2)11-15/h6,8-9,12,15H,4-5,7,10-11H2,1-3H3,(H2,18,19,20)/t12-,15+/m0/s1. The monoisotopic (exact) mass is 274 g/mol. The number of anilines is 1. The third kappa shape index (κ3) is 3.75. The Morgan fingerprint density at radius 1 is 1.35 bits per heavy atom. The minimum Gasteiger partial charge on any atom is -0.335 e. The molecule has 1 aliphatic carbocycles. The van der Waals surface area contributed by atoms with Gasteiger partial charge in [-0.3, -0.25) is 0 Å². The summed E-state index contributed by atoms with van der Waals surface area (Å²) >= 11 is 0. The fourth-order valence-electron chi connectivity index (χ4n) is 3.10. The van der Waals surface area contributed by atoms with Crippen molar-refractivity contribution >= 4 is 11.7 Å². The maximum Gasteiger partial charge on any atom is 0.319 e. The van der Waals surface area contributed by atoms with Crippen molar-refractivity contribution in [2.45, 2.75) is 58.9 Å². The van der Waals surface area contributed by atoms with Crippen molar-refractivity contribution in [2.75, 3.05) is 5.32 Å². The molecule has 0 unspecified atom stereocenters. The van der Waals surface area contributed by atoms with Crippen molar-refractivity contribution in [3.8, 4) is 0 Å². The summed E-state index contributed by atoms with van der Waals surface area (Å²) in [6, 6.07) is 6.42. The molecule has 110 valence electrons. The van der Waals surface area contributed by atoms with Crippen LogP contribution >= 0.6 is 0 Å². The van der Waals surface area contributed by atoms with E-state index < -0.39 is 0 Å². The quantitative estimate of drug-likeness (QED) is 0.849. The maximum atomic E-state index is 12.2. The molecule has 0 radical (unpaired) electrons. The molecule has 2 amide bonds. The number of carbonyl (C=O) groups is 1. The zero-order valence-electron chi connectivity index (χ0n) is 12.8. The van der Waals surface area contributed by atoms with Crippen molar-refractivity contribution in [1.29, 1.82) is 0 Å². The van der Waals surface area contributed by atoms with Crippen LogP contribution in [0, 0.1) is 12.8 Å². The van der Waals surface area contributed by atoms with Crippen molar-refractivity contribution in [1.82, 2.24) is 5.32 Å². The molecule has 1 aromatic carbocycles. The van der Waals surface area contributed by atoms with E-state index in [1.165, 1.54) is 18.4 Å².